The van der Waals surface area contributed by atoms with Gasteiger partial charge in [-0.1, -0.05) is 0 Å². The SMILES string of the molecule is Cc1ncc(NC(=O)CN2CCC[C@@H]2C)cc1Nc1nn(C)c2nc(Nc3cnn(C)c3)ncc12. The number of pyridine rings is 1. The maximum Gasteiger partial charge on any atom is 0.238 e. The first-order chi connectivity index (χ1) is 16.9. The minimum atomic E-state index is -0.0410. The number of nitrogens with zero attached hydrogens (tertiary/aromatic N) is 8. The van der Waals surface area contributed by atoms with Gasteiger partial charge in [0.05, 0.1) is 47.1 Å². The van der Waals surface area contributed by atoms with Crippen molar-refractivity contribution in [3.63, 3.8) is 0 Å². The van der Waals surface area contributed by atoms with Crippen LogP contribution in [0.25, 0.3) is 11.0 Å². The molecule has 5 heterocycles. The van der Waals surface area contributed by atoms with Gasteiger partial charge < -0.3 is 16.0 Å². The second kappa shape index (κ2) is 9.29. The van der Waals surface area contributed by atoms with Crippen LogP contribution < -0.4 is 16.0 Å². The normalized spacial score (nSPS) is 16.1. The Morgan fingerprint density at radius 2 is 2.00 bits per heavy atom. The van der Waals surface area contributed by atoms with Gasteiger partial charge in [-0.3, -0.25) is 19.4 Å². The molecule has 1 aliphatic rings. The number of rotatable bonds is 7. The molecular formula is C23H29N11O. The Labute approximate surface area is 202 Å². The molecule has 4 aromatic rings. The first-order valence-electron chi connectivity index (χ1n) is 11.6. The zero-order valence-electron chi connectivity index (χ0n) is 20.3. The van der Waals surface area contributed by atoms with Crippen molar-refractivity contribution in [2.24, 2.45) is 14.1 Å². The van der Waals surface area contributed by atoms with Crippen molar-refractivity contribution in [1.29, 1.82) is 0 Å². The Morgan fingerprint density at radius 1 is 1.14 bits per heavy atom. The number of carbonyl (C=O) groups is 1. The Balaban J connectivity index is 1.33. The Bertz CT molecular complexity index is 1380. The molecule has 0 unspecified atom stereocenters. The average Bonchev–Trinajstić information content (AvgIpc) is 3.50. The summed E-state index contributed by atoms with van der Waals surface area (Å²) in [5, 5.41) is 18.9. The summed E-state index contributed by atoms with van der Waals surface area (Å²) in [6.45, 7) is 5.41. The molecule has 12 heteroatoms. The van der Waals surface area contributed by atoms with E-state index in [1.54, 1.807) is 28.0 Å². The quantitative estimate of drug-likeness (QED) is 0.369. The van der Waals surface area contributed by atoms with E-state index in [1.807, 2.05) is 33.3 Å². The standard InChI is InChI=1S/C23H29N11O/c1-14-6-5-7-34(14)13-20(35)27-16-8-19(15(2)24-9-16)29-21-18-11-25-23(30-22(18)33(4)31-21)28-17-10-26-32(3)12-17/h8-12,14H,5-7,13H2,1-4H3,(H,27,35)(H,29,31)(H,25,28,30)/t14-/m0/s1. The Morgan fingerprint density at radius 3 is 2.74 bits per heavy atom. The highest BCUT2D eigenvalue weighted by Gasteiger charge is 2.22. The molecule has 1 fully saturated rings. The molecule has 0 radical (unpaired) electrons. The van der Waals surface area contributed by atoms with Crippen LogP contribution in [0.4, 0.5) is 28.8 Å². The minimum absolute atomic E-state index is 0.0410. The first kappa shape index (κ1) is 22.7. The molecule has 4 aromatic heterocycles. The minimum Gasteiger partial charge on any atom is -0.337 e. The van der Waals surface area contributed by atoms with Crippen molar-refractivity contribution >= 4 is 45.8 Å². The molecule has 182 valence electrons. The molecule has 0 aliphatic carbocycles. The van der Waals surface area contributed by atoms with E-state index in [0.29, 0.717) is 35.7 Å². The van der Waals surface area contributed by atoms with Crippen LogP contribution in [0.3, 0.4) is 0 Å². The fraction of sp³-hybridized carbons (Fsp3) is 0.391. The van der Waals surface area contributed by atoms with Crippen molar-refractivity contribution in [3.05, 3.63) is 36.5 Å². The van der Waals surface area contributed by atoms with Gasteiger partial charge in [-0.2, -0.15) is 15.2 Å². The van der Waals surface area contributed by atoms with Crippen LogP contribution in [0, 0.1) is 6.92 Å². The smallest absolute Gasteiger partial charge is 0.238 e. The monoisotopic (exact) mass is 475 g/mol. The summed E-state index contributed by atoms with van der Waals surface area (Å²) in [6.07, 6.45) is 9.21. The third-order valence-electron chi connectivity index (χ3n) is 6.20. The number of hydrogen-bond donors (Lipinski definition) is 3. The first-order valence-corrected chi connectivity index (χ1v) is 11.6. The number of carbonyl (C=O) groups excluding carboxylic acids is 1. The van der Waals surface area contributed by atoms with Crippen molar-refractivity contribution in [1.82, 2.24) is 39.4 Å². The van der Waals surface area contributed by atoms with E-state index < -0.39 is 0 Å². The zero-order chi connectivity index (χ0) is 24.5. The average molecular weight is 476 g/mol. The fourth-order valence-corrected chi connectivity index (χ4v) is 4.27. The molecule has 1 saturated heterocycles. The molecule has 1 atom stereocenters. The number of amides is 1. The second-order valence-electron chi connectivity index (χ2n) is 8.92. The molecule has 1 aliphatic heterocycles. The van der Waals surface area contributed by atoms with Crippen LogP contribution in [0.1, 0.15) is 25.5 Å². The predicted octanol–water partition coefficient (Wildman–Crippen LogP) is 2.71. The lowest BCUT2D eigenvalue weighted by Crippen LogP contribution is -2.35. The lowest BCUT2D eigenvalue weighted by Gasteiger charge is -2.20. The van der Waals surface area contributed by atoms with Crippen LogP contribution >= 0.6 is 0 Å². The van der Waals surface area contributed by atoms with Crippen LogP contribution in [-0.2, 0) is 18.9 Å². The van der Waals surface area contributed by atoms with E-state index in [-0.39, 0.29) is 5.91 Å². The van der Waals surface area contributed by atoms with E-state index in [0.717, 1.165) is 41.8 Å². The molecule has 0 spiro atoms. The van der Waals surface area contributed by atoms with Gasteiger partial charge in [-0.15, -0.1) is 0 Å². The lowest BCUT2D eigenvalue weighted by molar-refractivity contribution is -0.117. The van der Waals surface area contributed by atoms with Crippen molar-refractivity contribution in [2.75, 3.05) is 29.0 Å². The van der Waals surface area contributed by atoms with E-state index in [9.17, 15) is 4.79 Å². The molecule has 35 heavy (non-hydrogen) atoms. The van der Waals surface area contributed by atoms with Gasteiger partial charge in [-0.05, 0) is 39.3 Å². The Hall–Kier alpha value is -4.06. The van der Waals surface area contributed by atoms with Crippen LogP contribution in [0.5, 0.6) is 0 Å². The summed E-state index contributed by atoms with van der Waals surface area (Å²) < 4.78 is 3.40. The molecular weight excluding hydrogens is 446 g/mol. The summed E-state index contributed by atoms with van der Waals surface area (Å²) in [7, 11) is 3.68. The second-order valence-corrected chi connectivity index (χ2v) is 8.92. The van der Waals surface area contributed by atoms with E-state index >= 15 is 0 Å². The van der Waals surface area contributed by atoms with Crippen LogP contribution in [-0.4, -0.2) is 64.5 Å². The van der Waals surface area contributed by atoms with Crippen molar-refractivity contribution < 1.29 is 4.79 Å². The van der Waals surface area contributed by atoms with Gasteiger partial charge in [0.2, 0.25) is 11.9 Å². The highest BCUT2D eigenvalue weighted by atomic mass is 16.2. The lowest BCUT2D eigenvalue weighted by atomic mass is 10.2. The molecule has 0 bridgehead atoms. The predicted molar refractivity (Wildman–Crippen MR) is 134 cm³/mol. The van der Waals surface area contributed by atoms with Gasteiger partial charge in [-0.25, -0.2) is 9.67 Å². The number of nitrogens with one attached hydrogen (secondary N) is 3. The maximum atomic E-state index is 12.6. The number of hydrogen-bond acceptors (Lipinski definition) is 9. The number of likely N-dealkylation sites (tertiary alicyclic amines) is 1. The molecule has 5 rings (SSSR count). The number of anilines is 5. The van der Waals surface area contributed by atoms with Gasteiger partial charge in [0.1, 0.15) is 0 Å². The van der Waals surface area contributed by atoms with E-state index in [1.165, 1.54) is 0 Å². The summed E-state index contributed by atoms with van der Waals surface area (Å²) in [5.74, 6) is 1.02. The van der Waals surface area contributed by atoms with Gasteiger partial charge in [0.25, 0.3) is 0 Å². The summed E-state index contributed by atoms with van der Waals surface area (Å²) in [4.78, 5) is 28.2. The number of aromatic nitrogens is 7. The fourth-order valence-electron chi connectivity index (χ4n) is 4.27. The molecule has 1 amide bonds. The topological polar surface area (TPSA) is 131 Å². The van der Waals surface area contributed by atoms with Crippen molar-refractivity contribution in [3.8, 4) is 0 Å². The Kier molecular flexibility index (Phi) is 6.03. The molecule has 0 aromatic carbocycles. The third-order valence-corrected chi connectivity index (χ3v) is 6.20. The van der Waals surface area contributed by atoms with Gasteiger partial charge in [0, 0.05) is 32.5 Å². The van der Waals surface area contributed by atoms with Gasteiger partial charge in [0.15, 0.2) is 11.5 Å². The summed E-state index contributed by atoms with van der Waals surface area (Å²) in [6, 6.07) is 2.31. The largest absolute Gasteiger partial charge is 0.337 e. The summed E-state index contributed by atoms with van der Waals surface area (Å²) in [5.41, 5.74) is 3.63. The van der Waals surface area contributed by atoms with E-state index in [2.05, 4.69) is 52.9 Å². The molecule has 0 saturated carbocycles. The maximum absolute atomic E-state index is 12.6. The molecule has 3 N–H and O–H groups in total. The summed E-state index contributed by atoms with van der Waals surface area (Å²) >= 11 is 0. The third kappa shape index (κ3) is 4.92. The number of fused-ring (bicyclic) bond motifs is 1. The highest BCUT2D eigenvalue weighted by molar-refractivity contribution is 5.93. The number of aryl methyl sites for hydroxylation is 3. The van der Waals surface area contributed by atoms with E-state index in [4.69, 9.17) is 0 Å². The highest BCUT2D eigenvalue weighted by Crippen LogP contribution is 2.28. The molecule has 12 nitrogen and oxygen atoms in total. The van der Waals surface area contributed by atoms with Gasteiger partial charge >= 0.3 is 0 Å². The van der Waals surface area contributed by atoms with Crippen LogP contribution in [0.2, 0.25) is 0 Å². The zero-order valence-corrected chi connectivity index (χ0v) is 20.3. The van der Waals surface area contributed by atoms with Crippen molar-refractivity contribution in [2.45, 2.75) is 32.7 Å². The van der Waals surface area contributed by atoms with Crippen LogP contribution in [0.15, 0.2) is 30.9 Å².